The summed E-state index contributed by atoms with van der Waals surface area (Å²) in [6.07, 6.45) is 4.87. The number of aryl methyl sites for hydroxylation is 2. The molecule has 0 bridgehead atoms. The minimum Gasteiger partial charge on any atom is -0.494 e. The Bertz CT molecular complexity index is 1460. The van der Waals surface area contributed by atoms with Crippen LogP contribution in [0.5, 0.6) is 5.75 Å². The Morgan fingerprint density at radius 2 is 1.57 bits per heavy atom. The first kappa shape index (κ1) is 24.6. The van der Waals surface area contributed by atoms with E-state index in [0.717, 1.165) is 55.7 Å². The number of carbonyl (C=O) groups is 1. The molecule has 37 heavy (non-hydrogen) atoms. The van der Waals surface area contributed by atoms with Gasteiger partial charge in [-0.15, -0.1) is 0 Å². The van der Waals surface area contributed by atoms with E-state index in [1.165, 1.54) is 16.3 Å². The second kappa shape index (κ2) is 12.2. The van der Waals surface area contributed by atoms with Crippen molar-refractivity contribution >= 4 is 27.7 Å². The Hall–Kier alpha value is -4.12. The molecule has 0 spiro atoms. The number of nitrogens with one attached hydrogen (secondary N) is 1. The highest BCUT2D eigenvalue weighted by molar-refractivity contribution is 5.94. The van der Waals surface area contributed by atoms with Crippen molar-refractivity contribution < 1.29 is 9.53 Å². The van der Waals surface area contributed by atoms with E-state index in [1.807, 2.05) is 42.5 Å². The number of fused-ring (bicyclic) bond motifs is 2. The van der Waals surface area contributed by atoms with E-state index < -0.39 is 0 Å². The fraction of sp³-hybridized carbons (Fsp3) is 0.250. The molecule has 0 aliphatic rings. The van der Waals surface area contributed by atoms with Crippen LogP contribution in [0.1, 0.15) is 41.9 Å². The zero-order valence-corrected chi connectivity index (χ0v) is 21.1. The van der Waals surface area contributed by atoms with Crippen molar-refractivity contribution in [3.8, 4) is 5.75 Å². The van der Waals surface area contributed by atoms with Crippen LogP contribution < -0.4 is 10.1 Å². The fourth-order valence-electron chi connectivity index (χ4n) is 4.71. The SMILES string of the molecule is O=C(NCCCCCc1nc2ccccc2n1CCCOc1ccc2ccccc2c1)c1ccccc1. The molecule has 5 rings (SSSR count). The predicted octanol–water partition coefficient (Wildman–Crippen LogP) is 6.80. The highest BCUT2D eigenvalue weighted by Crippen LogP contribution is 2.22. The Kier molecular flexibility index (Phi) is 8.11. The number of hydrogen-bond acceptors (Lipinski definition) is 3. The third-order valence-electron chi connectivity index (χ3n) is 6.65. The number of benzene rings is 4. The monoisotopic (exact) mass is 491 g/mol. The highest BCUT2D eigenvalue weighted by atomic mass is 16.5. The quantitative estimate of drug-likeness (QED) is 0.195. The minimum atomic E-state index is -0.00620. The first-order valence-electron chi connectivity index (χ1n) is 13.2. The van der Waals surface area contributed by atoms with E-state index in [0.29, 0.717) is 18.7 Å². The smallest absolute Gasteiger partial charge is 0.251 e. The first-order valence-corrected chi connectivity index (χ1v) is 13.2. The Labute approximate surface area is 218 Å². The Balaban J connectivity index is 1.11. The van der Waals surface area contributed by atoms with E-state index in [9.17, 15) is 4.79 Å². The molecule has 5 aromatic rings. The molecular formula is C32H33N3O2. The molecule has 0 fully saturated rings. The van der Waals surface area contributed by atoms with Gasteiger partial charge < -0.3 is 14.6 Å². The van der Waals surface area contributed by atoms with Crippen LogP contribution >= 0.6 is 0 Å². The maximum absolute atomic E-state index is 12.2. The number of ether oxygens (including phenoxy) is 1. The molecule has 0 atom stereocenters. The van der Waals surface area contributed by atoms with Crippen LogP contribution in [-0.4, -0.2) is 28.6 Å². The number of rotatable bonds is 12. The van der Waals surface area contributed by atoms with Gasteiger partial charge in [0.25, 0.3) is 5.91 Å². The summed E-state index contributed by atoms with van der Waals surface area (Å²) in [6.45, 7) is 2.22. The maximum Gasteiger partial charge on any atom is 0.251 e. The molecular weight excluding hydrogens is 458 g/mol. The van der Waals surface area contributed by atoms with Gasteiger partial charge in [0.2, 0.25) is 0 Å². The molecule has 1 N–H and O–H groups in total. The highest BCUT2D eigenvalue weighted by Gasteiger charge is 2.10. The summed E-state index contributed by atoms with van der Waals surface area (Å²) in [5.74, 6) is 2.03. The van der Waals surface area contributed by atoms with Crippen molar-refractivity contribution in [3.63, 3.8) is 0 Å². The van der Waals surface area contributed by atoms with Crippen LogP contribution in [0.15, 0.2) is 97.1 Å². The van der Waals surface area contributed by atoms with Crippen molar-refractivity contribution in [2.45, 2.75) is 38.6 Å². The average Bonchev–Trinajstić information content (AvgIpc) is 3.30. The predicted molar refractivity (Wildman–Crippen MR) is 150 cm³/mol. The van der Waals surface area contributed by atoms with Crippen molar-refractivity contribution in [3.05, 3.63) is 108 Å². The molecule has 188 valence electrons. The lowest BCUT2D eigenvalue weighted by atomic mass is 10.1. The summed E-state index contributed by atoms with van der Waals surface area (Å²) < 4.78 is 8.42. The number of carbonyl (C=O) groups excluding carboxylic acids is 1. The number of para-hydroxylation sites is 2. The van der Waals surface area contributed by atoms with Gasteiger partial charge in [-0.3, -0.25) is 4.79 Å². The van der Waals surface area contributed by atoms with Crippen LogP contribution in [0.3, 0.4) is 0 Å². The van der Waals surface area contributed by atoms with Crippen LogP contribution in [0.4, 0.5) is 0 Å². The van der Waals surface area contributed by atoms with Gasteiger partial charge in [-0.05, 0) is 66.4 Å². The average molecular weight is 492 g/mol. The third kappa shape index (κ3) is 6.36. The molecule has 5 heteroatoms. The number of imidazole rings is 1. The lowest BCUT2D eigenvalue weighted by Gasteiger charge is -2.11. The summed E-state index contributed by atoms with van der Waals surface area (Å²) in [6, 6.07) is 32.3. The van der Waals surface area contributed by atoms with Gasteiger partial charge in [0.05, 0.1) is 17.6 Å². The van der Waals surface area contributed by atoms with Gasteiger partial charge in [-0.1, -0.05) is 67.1 Å². The van der Waals surface area contributed by atoms with E-state index in [-0.39, 0.29) is 5.91 Å². The van der Waals surface area contributed by atoms with Gasteiger partial charge in [0.15, 0.2) is 0 Å². The van der Waals surface area contributed by atoms with Crippen LogP contribution in [0.2, 0.25) is 0 Å². The summed E-state index contributed by atoms with van der Waals surface area (Å²) in [5.41, 5.74) is 2.93. The lowest BCUT2D eigenvalue weighted by molar-refractivity contribution is 0.0953. The molecule has 0 saturated carbocycles. The standard InChI is InChI=1S/C32H33N3O2/c36-32(26-13-3-1-4-14-26)33-21-10-2-5-18-31-34-29-16-8-9-17-30(29)35(31)22-11-23-37-28-20-19-25-12-6-7-15-27(25)24-28/h1,3-4,6-9,12-17,19-20,24H,2,5,10-11,18,21-23H2,(H,33,36). The maximum atomic E-state index is 12.2. The van der Waals surface area contributed by atoms with Gasteiger partial charge in [-0.25, -0.2) is 4.98 Å². The summed E-state index contributed by atoms with van der Waals surface area (Å²) >= 11 is 0. The third-order valence-corrected chi connectivity index (χ3v) is 6.65. The molecule has 0 radical (unpaired) electrons. The lowest BCUT2D eigenvalue weighted by Crippen LogP contribution is -2.24. The van der Waals surface area contributed by atoms with Crippen molar-refractivity contribution in [2.75, 3.05) is 13.2 Å². The van der Waals surface area contributed by atoms with Crippen LogP contribution in [-0.2, 0) is 13.0 Å². The van der Waals surface area contributed by atoms with Crippen LogP contribution in [0, 0.1) is 0 Å². The van der Waals surface area contributed by atoms with Gasteiger partial charge in [-0.2, -0.15) is 0 Å². The number of aromatic nitrogens is 2. The molecule has 0 aliphatic heterocycles. The Morgan fingerprint density at radius 3 is 2.46 bits per heavy atom. The molecule has 4 aromatic carbocycles. The van der Waals surface area contributed by atoms with Crippen molar-refractivity contribution in [1.29, 1.82) is 0 Å². The Morgan fingerprint density at radius 1 is 0.784 bits per heavy atom. The number of nitrogens with zero attached hydrogens (tertiary/aromatic N) is 2. The molecule has 0 aliphatic carbocycles. The number of amides is 1. The first-order chi connectivity index (χ1) is 18.3. The number of unbranched alkanes of at least 4 members (excludes halogenated alkanes) is 2. The number of hydrogen-bond donors (Lipinski definition) is 1. The zero-order valence-electron chi connectivity index (χ0n) is 21.1. The molecule has 1 aromatic heterocycles. The molecule has 1 heterocycles. The summed E-state index contributed by atoms with van der Waals surface area (Å²) in [7, 11) is 0. The van der Waals surface area contributed by atoms with Gasteiger partial charge in [0, 0.05) is 25.1 Å². The fourth-order valence-corrected chi connectivity index (χ4v) is 4.71. The van der Waals surface area contributed by atoms with Gasteiger partial charge in [0.1, 0.15) is 11.6 Å². The van der Waals surface area contributed by atoms with E-state index >= 15 is 0 Å². The topological polar surface area (TPSA) is 56.2 Å². The van der Waals surface area contributed by atoms with E-state index in [2.05, 4.69) is 64.5 Å². The largest absolute Gasteiger partial charge is 0.494 e. The van der Waals surface area contributed by atoms with Crippen molar-refractivity contribution in [2.24, 2.45) is 0 Å². The van der Waals surface area contributed by atoms with Crippen molar-refractivity contribution in [1.82, 2.24) is 14.9 Å². The van der Waals surface area contributed by atoms with Gasteiger partial charge >= 0.3 is 0 Å². The summed E-state index contributed by atoms with van der Waals surface area (Å²) in [5, 5.41) is 5.44. The minimum absolute atomic E-state index is 0.00620. The van der Waals surface area contributed by atoms with E-state index in [1.54, 1.807) is 0 Å². The second-order valence-electron chi connectivity index (χ2n) is 9.31. The molecule has 0 unspecified atom stereocenters. The molecule has 0 saturated heterocycles. The second-order valence-corrected chi connectivity index (χ2v) is 9.31. The molecule has 1 amide bonds. The normalized spacial score (nSPS) is 11.1. The van der Waals surface area contributed by atoms with Crippen LogP contribution in [0.25, 0.3) is 21.8 Å². The summed E-state index contributed by atoms with van der Waals surface area (Å²) in [4.78, 5) is 17.1. The zero-order chi connectivity index (χ0) is 25.3. The van der Waals surface area contributed by atoms with E-state index in [4.69, 9.17) is 9.72 Å². The molecule has 5 nitrogen and oxygen atoms in total.